The molecule has 1 heteroatoms. The lowest BCUT2D eigenvalue weighted by molar-refractivity contribution is 1.17. The first-order valence-electron chi connectivity index (χ1n) is 3.04. The van der Waals surface area contributed by atoms with Crippen LogP contribution in [0.3, 0.4) is 0 Å². The van der Waals surface area contributed by atoms with Crippen molar-refractivity contribution in [1.29, 1.82) is 0 Å². The molecule has 1 aliphatic carbocycles. The number of allylic oxidation sites excluding steroid dienone is 4. The number of hydrogen-bond acceptors (Lipinski definition) is 0. The Labute approximate surface area is 64.8 Å². The molecule has 0 bridgehead atoms. The maximum Gasteiger partial charge on any atom is 0.0402 e. The second kappa shape index (κ2) is 2.70. The van der Waals surface area contributed by atoms with Crippen molar-refractivity contribution in [3.05, 3.63) is 29.7 Å². The highest BCUT2D eigenvalue weighted by Crippen LogP contribution is 2.20. The van der Waals surface area contributed by atoms with Crippen LogP contribution in [-0.2, 0) is 0 Å². The van der Waals surface area contributed by atoms with E-state index in [1.807, 2.05) is 0 Å². The van der Waals surface area contributed by atoms with Gasteiger partial charge in [0.25, 0.3) is 0 Å². The van der Waals surface area contributed by atoms with Crippen molar-refractivity contribution in [2.75, 3.05) is 0 Å². The minimum Gasteiger partial charge on any atom is -0.0838 e. The van der Waals surface area contributed by atoms with Gasteiger partial charge in [-0.2, -0.15) is 0 Å². The molecule has 1 atom stereocenters. The Morgan fingerprint density at radius 1 is 1.33 bits per heavy atom. The minimum atomic E-state index is 0.447. The molecule has 0 aromatic heterocycles. The fraction of sp³-hybridized carbons (Fsp3) is 0.375. The van der Waals surface area contributed by atoms with E-state index in [4.69, 9.17) is 0 Å². The third kappa shape index (κ3) is 1.98. The summed E-state index contributed by atoms with van der Waals surface area (Å²) in [7, 11) is 0. The lowest BCUT2D eigenvalue weighted by atomic mass is 10.0. The molecule has 1 aliphatic rings. The normalized spacial score (nSPS) is 27.2. The van der Waals surface area contributed by atoms with Crippen LogP contribution in [0.4, 0.5) is 0 Å². The molecule has 0 aliphatic heterocycles. The SMILES string of the molecule is CC1=CC(C)=CC(Br)[CH]1. The largest absolute Gasteiger partial charge is 0.0838 e. The summed E-state index contributed by atoms with van der Waals surface area (Å²) in [5, 5.41) is 0. The molecule has 49 valence electrons. The fourth-order valence-corrected chi connectivity index (χ4v) is 1.84. The Morgan fingerprint density at radius 2 is 2.00 bits per heavy atom. The van der Waals surface area contributed by atoms with E-state index >= 15 is 0 Å². The predicted octanol–water partition coefficient (Wildman–Crippen LogP) is 2.86. The predicted molar refractivity (Wildman–Crippen MR) is 44.5 cm³/mol. The average Bonchev–Trinajstić information content (AvgIpc) is 1.59. The molecule has 0 heterocycles. The van der Waals surface area contributed by atoms with Crippen molar-refractivity contribution >= 4 is 15.9 Å². The van der Waals surface area contributed by atoms with Crippen molar-refractivity contribution < 1.29 is 0 Å². The molecule has 1 unspecified atom stereocenters. The summed E-state index contributed by atoms with van der Waals surface area (Å²) in [6, 6.07) is 0. The van der Waals surface area contributed by atoms with Crippen LogP contribution in [0.25, 0.3) is 0 Å². The van der Waals surface area contributed by atoms with Crippen LogP contribution in [0.2, 0.25) is 0 Å². The molecule has 0 aromatic carbocycles. The summed E-state index contributed by atoms with van der Waals surface area (Å²) < 4.78 is 0. The summed E-state index contributed by atoms with van der Waals surface area (Å²) in [4.78, 5) is 0.447. The Hall–Kier alpha value is -0.0400. The van der Waals surface area contributed by atoms with E-state index < -0.39 is 0 Å². The van der Waals surface area contributed by atoms with E-state index in [2.05, 4.69) is 48.4 Å². The van der Waals surface area contributed by atoms with Gasteiger partial charge in [0.2, 0.25) is 0 Å². The standard InChI is InChI=1S/C8H10Br/c1-6-3-7(2)5-8(9)4-6/h3-5,8H,1-2H3. The van der Waals surface area contributed by atoms with Crippen LogP contribution in [0.5, 0.6) is 0 Å². The Bertz CT molecular complexity index is 165. The summed E-state index contributed by atoms with van der Waals surface area (Å²) in [6.45, 7) is 4.23. The zero-order valence-electron chi connectivity index (χ0n) is 5.69. The zero-order valence-corrected chi connectivity index (χ0v) is 7.27. The van der Waals surface area contributed by atoms with E-state index in [0.29, 0.717) is 4.83 Å². The van der Waals surface area contributed by atoms with Gasteiger partial charge in [-0.05, 0) is 13.8 Å². The van der Waals surface area contributed by atoms with Gasteiger partial charge in [0.05, 0.1) is 0 Å². The average molecular weight is 186 g/mol. The van der Waals surface area contributed by atoms with Gasteiger partial charge in [0.15, 0.2) is 0 Å². The van der Waals surface area contributed by atoms with Crippen LogP contribution < -0.4 is 0 Å². The molecular formula is C8H10Br. The molecule has 1 rings (SSSR count). The molecule has 9 heavy (non-hydrogen) atoms. The van der Waals surface area contributed by atoms with Crippen molar-refractivity contribution in [3.8, 4) is 0 Å². The van der Waals surface area contributed by atoms with Gasteiger partial charge in [0, 0.05) is 11.2 Å². The van der Waals surface area contributed by atoms with Crippen molar-refractivity contribution in [2.24, 2.45) is 0 Å². The second-order valence-corrected chi connectivity index (χ2v) is 3.47. The maximum atomic E-state index is 3.50. The minimum absolute atomic E-state index is 0.447. The van der Waals surface area contributed by atoms with Gasteiger partial charge in [-0.25, -0.2) is 0 Å². The Morgan fingerprint density at radius 3 is 2.44 bits per heavy atom. The van der Waals surface area contributed by atoms with Gasteiger partial charge in [-0.3, -0.25) is 0 Å². The van der Waals surface area contributed by atoms with Crippen molar-refractivity contribution in [1.82, 2.24) is 0 Å². The topological polar surface area (TPSA) is 0 Å². The highest BCUT2D eigenvalue weighted by Gasteiger charge is 2.06. The third-order valence-electron chi connectivity index (χ3n) is 1.30. The smallest absolute Gasteiger partial charge is 0.0402 e. The molecule has 0 fully saturated rings. The van der Waals surface area contributed by atoms with Gasteiger partial charge in [-0.1, -0.05) is 39.2 Å². The summed E-state index contributed by atoms with van der Waals surface area (Å²) in [6.07, 6.45) is 6.55. The first kappa shape index (κ1) is 7.07. The number of hydrogen-bond donors (Lipinski definition) is 0. The van der Waals surface area contributed by atoms with Crippen molar-refractivity contribution in [3.63, 3.8) is 0 Å². The van der Waals surface area contributed by atoms with Crippen molar-refractivity contribution in [2.45, 2.75) is 18.7 Å². The summed E-state index contributed by atoms with van der Waals surface area (Å²) in [5.41, 5.74) is 2.69. The number of halogens is 1. The molecule has 1 radical (unpaired) electrons. The Balaban J connectivity index is 2.74. The van der Waals surface area contributed by atoms with E-state index in [9.17, 15) is 0 Å². The summed E-state index contributed by atoms with van der Waals surface area (Å²) in [5.74, 6) is 0. The van der Waals surface area contributed by atoms with Gasteiger partial charge in [0.1, 0.15) is 0 Å². The maximum absolute atomic E-state index is 3.50. The van der Waals surface area contributed by atoms with Gasteiger partial charge >= 0.3 is 0 Å². The molecule has 0 aromatic rings. The molecule has 0 saturated heterocycles. The third-order valence-corrected chi connectivity index (χ3v) is 1.83. The van der Waals surface area contributed by atoms with Crippen LogP contribution >= 0.6 is 15.9 Å². The number of alkyl halides is 1. The van der Waals surface area contributed by atoms with Crippen LogP contribution in [-0.4, -0.2) is 4.83 Å². The van der Waals surface area contributed by atoms with E-state index in [1.54, 1.807) is 0 Å². The number of rotatable bonds is 0. The van der Waals surface area contributed by atoms with E-state index in [0.717, 1.165) is 0 Å². The first-order valence-corrected chi connectivity index (χ1v) is 3.96. The van der Waals surface area contributed by atoms with Gasteiger partial charge < -0.3 is 0 Å². The monoisotopic (exact) mass is 185 g/mol. The summed E-state index contributed by atoms with van der Waals surface area (Å²) >= 11 is 3.50. The zero-order chi connectivity index (χ0) is 6.85. The molecular weight excluding hydrogens is 176 g/mol. The lowest BCUT2D eigenvalue weighted by Crippen LogP contribution is -2.00. The molecule has 0 saturated carbocycles. The molecule has 0 nitrogen and oxygen atoms in total. The first-order chi connectivity index (χ1) is 4.18. The molecule has 0 spiro atoms. The van der Waals surface area contributed by atoms with E-state index in [1.165, 1.54) is 11.1 Å². The quantitative estimate of drug-likeness (QED) is 0.510. The highest BCUT2D eigenvalue weighted by atomic mass is 79.9. The van der Waals surface area contributed by atoms with Crippen LogP contribution in [0, 0.1) is 6.42 Å². The van der Waals surface area contributed by atoms with Crippen LogP contribution in [0.15, 0.2) is 23.3 Å². The van der Waals surface area contributed by atoms with E-state index in [-0.39, 0.29) is 0 Å². The fourth-order valence-electron chi connectivity index (χ4n) is 1.01. The van der Waals surface area contributed by atoms with Gasteiger partial charge in [-0.15, -0.1) is 0 Å². The molecule has 0 amide bonds. The lowest BCUT2D eigenvalue weighted by Gasteiger charge is -2.11. The Kier molecular flexibility index (Phi) is 2.12. The highest BCUT2D eigenvalue weighted by molar-refractivity contribution is 9.09. The molecule has 0 N–H and O–H groups in total. The van der Waals surface area contributed by atoms with Crippen LogP contribution in [0.1, 0.15) is 13.8 Å². The second-order valence-electron chi connectivity index (χ2n) is 2.41.